The molecule has 2 rings (SSSR count). The minimum absolute atomic E-state index is 0.0408. The van der Waals surface area contributed by atoms with E-state index in [0.29, 0.717) is 12.8 Å². The van der Waals surface area contributed by atoms with Gasteiger partial charge in [0.15, 0.2) is 0 Å². The third-order valence-corrected chi connectivity index (χ3v) is 6.60. The van der Waals surface area contributed by atoms with Crippen molar-refractivity contribution in [2.75, 3.05) is 13.1 Å². The molecule has 0 bridgehead atoms. The molecule has 0 aliphatic carbocycles. The predicted molar refractivity (Wildman–Crippen MR) is 157 cm³/mol. The molecule has 0 saturated carbocycles. The summed E-state index contributed by atoms with van der Waals surface area (Å²) in [4.78, 5) is 25.1. The number of nitrogens with one attached hydrogen (secondary N) is 3. The van der Waals surface area contributed by atoms with Crippen molar-refractivity contribution >= 4 is 12.2 Å². The van der Waals surface area contributed by atoms with Crippen molar-refractivity contribution in [2.24, 2.45) is 0 Å². The third-order valence-electron chi connectivity index (χ3n) is 6.60. The first-order chi connectivity index (χ1) is 19.2. The number of carbonyl (C=O) groups excluding carboxylic acids is 2. The van der Waals surface area contributed by atoms with Gasteiger partial charge >= 0.3 is 12.2 Å². The summed E-state index contributed by atoms with van der Waals surface area (Å²) < 4.78 is 10.8. The molecule has 0 aromatic heterocycles. The molecule has 0 radical (unpaired) electrons. The number of ether oxygens (including phenoxy) is 2. The number of benzene rings is 2. The van der Waals surface area contributed by atoms with Gasteiger partial charge in [-0.1, -0.05) is 60.7 Å². The average molecular weight is 574 g/mol. The van der Waals surface area contributed by atoms with Crippen LogP contribution in [-0.4, -0.2) is 82.2 Å². The van der Waals surface area contributed by atoms with Crippen molar-refractivity contribution in [3.05, 3.63) is 71.8 Å². The molecule has 2 aromatic carbocycles. The summed E-state index contributed by atoms with van der Waals surface area (Å²) in [6.45, 7) is 10.1. The molecule has 0 spiro atoms. The maximum absolute atomic E-state index is 12.6. The van der Waals surface area contributed by atoms with Gasteiger partial charge in [-0.25, -0.2) is 9.59 Å². The molecule has 0 aliphatic heterocycles. The first-order valence-electron chi connectivity index (χ1n) is 14.0. The van der Waals surface area contributed by atoms with Crippen molar-refractivity contribution in [3.8, 4) is 0 Å². The fourth-order valence-electron chi connectivity index (χ4n) is 3.93. The highest BCUT2D eigenvalue weighted by molar-refractivity contribution is 5.68. The summed E-state index contributed by atoms with van der Waals surface area (Å²) in [5, 5.41) is 40.5. The maximum Gasteiger partial charge on any atom is 0.408 e. The highest BCUT2D eigenvalue weighted by Gasteiger charge is 2.31. The quantitative estimate of drug-likeness (QED) is 0.202. The molecule has 0 heterocycles. The summed E-state index contributed by atoms with van der Waals surface area (Å²) in [5.41, 5.74) is 0.0134. The van der Waals surface area contributed by atoms with Crippen LogP contribution in [0.25, 0.3) is 0 Å². The Bertz CT molecular complexity index is 1060. The molecule has 6 N–H and O–H groups in total. The molecular formula is C31H47N3O7. The van der Waals surface area contributed by atoms with Gasteiger partial charge in [0.2, 0.25) is 0 Å². The molecule has 5 atom stereocenters. The normalized spacial score (nSPS) is 15.6. The Hall–Kier alpha value is -3.18. The van der Waals surface area contributed by atoms with E-state index in [1.54, 1.807) is 34.6 Å². The Morgan fingerprint density at radius 1 is 0.707 bits per heavy atom. The molecule has 0 aliphatic rings. The molecule has 0 unspecified atom stereocenters. The lowest BCUT2D eigenvalue weighted by molar-refractivity contribution is -0.0513. The summed E-state index contributed by atoms with van der Waals surface area (Å²) in [6.07, 6.45) is -3.65. The zero-order valence-corrected chi connectivity index (χ0v) is 25.0. The zero-order valence-electron chi connectivity index (χ0n) is 25.0. The van der Waals surface area contributed by atoms with Gasteiger partial charge in [-0.2, -0.15) is 0 Å². The van der Waals surface area contributed by atoms with Crippen molar-refractivity contribution in [3.63, 3.8) is 0 Å². The van der Waals surface area contributed by atoms with Gasteiger partial charge in [0, 0.05) is 13.1 Å². The van der Waals surface area contributed by atoms with E-state index < -0.39 is 53.8 Å². The molecule has 0 saturated heterocycles. The number of alkyl carbamates (subject to hydrolysis) is 2. The second-order valence-electron chi connectivity index (χ2n) is 11.8. The highest BCUT2D eigenvalue weighted by atomic mass is 16.6. The van der Waals surface area contributed by atoms with Crippen LogP contribution in [0.1, 0.15) is 52.7 Å². The minimum atomic E-state index is -1.12. The molecule has 10 heteroatoms. The van der Waals surface area contributed by atoms with E-state index >= 15 is 0 Å². The number of amides is 2. The van der Waals surface area contributed by atoms with Crippen LogP contribution in [0, 0.1) is 0 Å². The van der Waals surface area contributed by atoms with Crippen LogP contribution in [0.2, 0.25) is 0 Å². The monoisotopic (exact) mass is 573 g/mol. The molecule has 0 fully saturated rings. The Morgan fingerprint density at radius 2 is 1.10 bits per heavy atom. The first kappa shape index (κ1) is 34.0. The number of hydrogen-bond donors (Lipinski definition) is 6. The van der Waals surface area contributed by atoms with Crippen molar-refractivity contribution < 1.29 is 34.4 Å². The lowest BCUT2D eigenvalue weighted by Crippen LogP contribution is -2.53. The summed E-state index contributed by atoms with van der Waals surface area (Å²) in [5.74, 6) is 0. The van der Waals surface area contributed by atoms with Gasteiger partial charge in [-0.3, -0.25) is 0 Å². The molecule has 10 nitrogen and oxygen atoms in total. The molecule has 41 heavy (non-hydrogen) atoms. The van der Waals surface area contributed by atoms with Crippen LogP contribution >= 0.6 is 0 Å². The standard InChI is InChI=1S/C31H47N3O7/c1-21(35)31(5,6)41-29(39)34-25(18-23-15-11-8-12-16-23)27(37)20-32-19-26(36)24(17-22-13-9-7-10-14-22)33-28(38)40-30(2,3)4/h7-16,21,24-27,32,35-37H,17-20H2,1-6H3,(H,33,38)(H,34,39)/t21-,24-,25-,26+,27+/m0/s1. The van der Waals surface area contributed by atoms with Gasteiger partial charge in [0.05, 0.1) is 30.4 Å². The predicted octanol–water partition coefficient (Wildman–Crippen LogP) is 2.93. The average Bonchev–Trinajstić information content (AvgIpc) is 2.87. The number of aliphatic hydroxyl groups excluding tert-OH is 3. The number of carbonyl (C=O) groups is 2. The number of hydrogen-bond acceptors (Lipinski definition) is 8. The summed E-state index contributed by atoms with van der Waals surface area (Å²) in [6, 6.07) is 17.5. The van der Waals surface area contributed by atoms with Gasteiger partial charge in [-0.15, -0.1) is 0 Å². The molecule has 2 aromatic rings. The number of rotatable bonds is 14. The molecule has 2 amide bonds. The maximum atomic E-state index is 12.6. The van der Waals surface area contributed by atoms with Crippen LogP contribution in [0.3, 0.4) is 0 Å². The number of aliphatic hydroxyl groups is 3. The van der Waals surface area contributed by atoms with Crippen molar-refractivity contribution in [2.45, 2.75) is 96.0 Å². The molecule has 228 valence electrons. The topological polar surface area (TPSA) is 149 Å². The molecular weight excluding hydrogens is 526 g/mol. The van der Waals surface area contributed by atoms with Gasteiger partial charge in [0.1, 0.15) is 11.2 Å². The van der Waals surface area contributed by atoms with E-state index in [9.17, 15) is 24.9 Å². The van der Waals surface area contributed by atoms with Gasteiger partial charge in [-0.05, 0) is 65.5 Å². The van der Waals surface area contributed by atoms with E-state index in [4.69, 9.17) is 9.47 Å². The smallest absolute Gasteiger partial charge is 0.408 e. The fourth-order valence-corrected chi connectivity index (χ4v) is 3.93. The Balaban J connectivity index is 2.05. The van der Waals surface area contributed by atoms with Crippen LogP contribution < -0.4 is 16.0 Å². The Kier molecular flexibility index (Phi) is 13.0. The lowest BCUT2D eigenvalue weighted by atomic mass is 10.00. The summed E-state index contributed by atoms with van der Waals surface area (Å²) >= 11 is 0. The van der Waals surface area contributed by atoms with Crippen molar-refractivity contribution in [1.82, 2.24) is 16.0 Å². The van der Waals surface area contributed by atoms with Crippen LogP contribution in [0.5, 0.6) is 0 Å². The van der Waals surface area contributed by atoms with E-state index in [-0.39, 0.29) is 13.1 Å². The second kappa shape index (κ2) is 15.7. The Labute approximate surface area is 243 Å². The minimum Gasteiger partial charge on any atom is -0.444 e. The van der Waals surface area contributed by atoms with Crippen LogP contribution in [0.4, 0.5) is 9.59 Å². The van der Waals surface area contributed by atoms with E-state index in [0.717, 1.165) is 11.1 Å². The largest absolute Gasteiger partial charge is 0.444 e. The van der Waals surface area contributed by atoms with E-state index in [1.165, 1.54) is 6.92 Å². The third kappa shape index (κ3) is 12.9. The SMILES string of the molecule is C[C@H](O)C(C)(C)OC(=O)N[C@@H](Cc1ccccc1)[C@H](O)CNC[C@@H](O)[C@H](Cc1ccccc1)NC(=O)OC(C)(C)C. The van der Waals surface area contributed by atoms with Crippen LogP contribution in [0.15, 0.2) is 60.7 Å². The fraction of sp³-hybridized carbons (Fsp3) is 0.548. The van der Waals surface area contributed by atoms with Crippen molar-refractivity contribution in [1.29, 1.82) is 0 Å². The van der Waals surface area contributed by atoms with Gasteiger partial charge in [0.25, 0.3) is 0 Å². The van der Waals surface area contributed by atoms with Crippen LogP contribution in [-0.2, 0) is 22.3 Å². The highest BCUT2D eigenvalue weighted by Crippen LogP contribution is 2.16. The first-order valence-corrected chi connectivity index (χ1v) is 14.0. The van der Waals surface area contributed by atoms with Gasteiger partial charge < -0.3 is 40.7 Å². The van der Waals surface area contributed by atoms with E-state index in [1.807, 2.05) is 60.7 Å². The Morgan fingerprint density at radius 3 is 1.46 bits per heavy atom. The lowest BCUT2D eigenvalue weighted by Gasteiger charge is -2.31. The summed E-state index contributed by atoms with van der Waals surface area (Å²) in [7, 11) is 0. The zero-order chi connectivity index (χ0) is 30.6. The second-order valence-corrected chi connectivity index (χ2v) is 11.8. The van der Waals surface area contributed by atoms with E-state index in [2.05, 4.69) is 16.0 Å².